The van der Waals surface area contributed by atoms with Gasteiger partial charge in [-0.15, -0.1) is 0 Å². The lowest BCUT2D eigenvalue weighted by Crippen LogP contribution is -2.44. The van der Waals surface area contributed by atoms with Gasteiger partial charge < -0.3 is 10.6 Å². The minimum absolute atomic E-state index is 0.133. The molecule has 0 heterocycles. The van der Waals surface area contributed by atoms with E-state index in [-0.39, 0.29) is 6.54 Å². The molecule has 0 aliphatic carbocycles. The van der Waals surface area contributed by atoms with Crippen LogP contribution in [0.1, 0.15) is 33.6 Å². The van der Waals surface area contributed by atoms with Crippen LogP contribution in [0.15, 0.2) is 0 Å². The topological polar surface area (TPSA) is 29.3 Å². The molecule has 2 N–H and O–H groups in total. The summed E-state index contributed by atoms with van der Waals surface area (Å²) in [6.07, 6.45) is -2.42. The van der Waals surface area contributed by atoms with Crippen LogP contribution in [0, 0.1) is 11.8 Å². The van der Waals surface area contributed by atoms with E-state index in [2.05, 4.69) is 26.1 Å². The van der Waals surface area contributed by atoms with Gasteiger partial charge in [0.15, 0.2) is 0 Å². The average Bonchev–Trinajstić information content (AvgIpc) is 2.27. The van der Waals surface area contributed by atoms with Crippen LogP contribution in [0.5, 0.6) is 0 Å². The fourth-order valence-corrected chi connectivity index (χ4v) is 2.07. The van der Waals surface area contributed by atoms with Crippen molar-refractivity contribution in [2.24, 2.45) is 17.6 Å². The highest BCUT2D eigenvalue weighted by Crippen LogP contribution is 2.27. The molecule has 0 fully saturated rings. The molecule has 0 bridgehead atoms. The average molecular weight is 284 g/mol. The van der Waals surface area contributed by atoms with E-state index in [1.165, 1.54) is 0 Å². The Balaban J connectivity index is 4.62. The predicted molar refractivity (Wildman–Crippen MR) is 72.5 cm³/mol. The number of nitrogens with zero attached hydrogens (tertiary/aromatic N) is 1. The Morgan fingerprint density at radius 1 is 1.17 bits per heavy atom. The maximum atomic E-state index is 12.8. The second-order valence-corrected chi connectivity index (χ2v) is 5.00. The van der Waals surface area contributed by atoms with Crippen LogP contribution in [0.2, 0.25) is 0 Å². The molecule has 1 unspecified atom stereocenters. The highest BCUT2D eigenvalue weighted by Gasteiger charge is 2.42. The van der Waals surface area contributed by atoms with Crippen molar-refractivity contribution in [3.63, 3.8) is 0 Å². The van der Waals surface area contributed by atoms with Gasteiger partial charge in [0.2, 0.25) is 0 Å². The molecular weight excluding hydrogens is 261 g/mol. The van der Waals surface area contributed by atoms with E-state index in [4.69, 9.17) is 5.73 Å². The monoisotopic (exact) mass is 284 g/mol. The minimum atomic E-state index is -4.35. The Hall–Kier alpha value is -0.360. The Bertz CT molecular complexity index is 252. The van der Waals surface area contributed by atoms with Crippen LogP contribution >= 0.6 is 12.2 Å². The number of hydrogen-bond acceptors (Lipinski definition) is 2. The summed E-state index contributed by atoms with van der Waals surface area (Å²) in [5.74, 6) is -1.29. The first-order valence-corrected chi connectivity index (χ1v) is 6.75. The molecule has 0 saturated carbocycles. The summed E-state index contributed by atoms with van der Waals surface area (Å²) >= 11 is 4.53. The molecule has 0 aliphatic heterocycles. The molecule has 6 heteroatoms. The Morgan fingerprint density at radius 3 is 1.94 bits per heavy atom. The number of alkyl halides is 3. The van der Waals surface area contributed by atoms with Crippen LogP contribution in [0.3, 0.4) is 0 Å². The molecule has 0 spiro atoms. The van der Waals surface area contributed by atoms with Crippen LogP contribution in [0.4, 0.5) is 13.2 Å². The lowest BCUT2D eigenvalue weighted by Gasteiger charge is -2.29. The summed E-state index contributed by atoms with van der Waals surface area (Å²) in [7, 11) is 0. The fraction of sp³-hybridized carbons (Fsp3) is 0.917. The molecule has 1 atom stereocenters. The highest BCUT2D eigenvalue weighted by atomic mass is 32.1. The van der Waals surface area contributed by atoms with Crippen LogP contribution in [-0.4, -0.2) is 35.7 Å². The van der Waals surface area contributed by atoms with Crippen molar-refractivity contribution in [2.75, 3.05) is 19.6 Å². The minimum Gasteiger partial charge on any atom is -0.393 e. The summed E-state index contributed by atoms with van der Waals surface area (Å²) in [5.41, 5.74) is 5.21. The number of hydrogen-bond donors (Lipinski definition) is 1. The first-order chi connectivity index (χ1) is 8.26. The van der Waals surface area contributed by atoms with E-state index in [0.29, 0.717) is 19.0 Å². The zero-order valence-corrected chi connectivity index (χ0v) is 12.1. The van der Waals surface area contributed by atoms with Gasteiger partial charge in [0, 0.05) is 13.1 Å². The number of nitrogens with two attached hydrogens (primary N) is 1. The summed E-state index contributed by atoms with van der Waals surface area (Å²) in [5, 5.41) is 0. The van der Waals surface area contributed by atoms with Crippen molar-refractivity contribution in [2.45, 2.75) is 39.8 Å². The second-order valence-electron chi connectivity index (χ2n) is 4.53. The lowest BCUT2D eigenvalue weighted by atomic mass is 10.0. The molecule has 18 heavy (non-hydrogen) atoms. The van der Waals surface area contributed by atoms with E-state index in [0.717, 1.165) is 12.8 Å². The Kier molecular flexibility index (Phi) is 7.78. The van der Waals surface area contributed by atoms with Crippen molar-refractivity contribution in [3.8, 4) is 0 Å². The number of thiocarbonyl (C=S) groups is 1. The molecule has 0 aromatic heterocycles. The van der Waals surface area contributed by atoms with E-state index in [1.807, 2.05) is 6.92 Å². The molecule has 0 aliphatic rings. The third-order valence-electron chi connectivity index (χ3n) is 3.30. The van der Waals surface area contributed by atoms with Crippen LogP contribution in [-0.2, 0) is 0 Å². The standard InChI is InChI=1S/C12H23F3N2S/c1-4-9(5-2)7-17(6-3)8-10(11(16)18)12(13,14)15/h9-10H,4-8H2,1-3H3,(H2,16,18). The lowest BCUT2D eigenvalue weighted by molar-refractivity contribution is -0.159. The fourth-order valence-electron chi connectivity index (χ4n) is 1.86. The van der Waals surface area contributed by atoms with Gasteiger partial charge in [-0.25, -0.2) is 0 Å². The van der Waals surface area contributed by atoms with Crippen molar-refractivity contribution >= 4 is 17.2 Å². The van der Waals surface area contributed by atoms with Crippen LogP contribution in [0.25, 0.3) is 0 Å². The maximum absolute atomic E-state index is 12.8. The van der Waals surface area contributed by atoms with Gasteiger partial charge in [0.25, 0.3) is 0 Å². The van der Waals surface area contributed by atoms with Crippen molar-refractivity contribution < 1.29 is 13.2 Å². The van der Waals surface area contributed by atoms with E-state index >= 15 is 0 Å². The molecule has 0 aromatic carbocycles. The predicted octanol–water partition coefficient (Wildman–Crippen LogP) is 3.21. The summed E-state index contributed by atoms with van der Waals surface area (Å²) in [4.78, 5) is 1.32. The van der Waals surface area contributed by atoms with Gasteiger partial charge in [0.05, 0.1) is 4.99 Å². The SMILES string of the molecule is CCC(CC)CN(CC)CC(C(N)=S)C(F)(F)F. The van der Waals surface area contributed by atoms with Gasteiger partial charge in [-0.3, -0.25) is 0 Å². The molecular formula is C12H23F3N2S. The van der Waals surface area contributed by atoms with Gasteiger partial charge >= 0.3 is 6.18 Å². The van der Waals surface area contributed by atoms with Crippen molar-refractivity contribution in [1.82, 2.24) is 4.90 Å². The molecule has 0 rings (SSSR count). The molecule has 0 amide bonds. The molecule has 108 valence electrons. The maximum Gasteiger partial charge on any atom is 0.399 e. The zero-order valence-electron chi connectivity index (χ0n) is 11.3. The summed E-state index contributed by atoms with van der Waals surface area (Å²) in [6, 6.07) is 0. The third kappa shape index (κ3) is 6.00. The van der Waals surface area contributed by atoms with Gasteiger partial charge in [-0.1, -0.05) is 45.8 Å². The zero-order chi connectivity index (χ0) is 14.3. The van der Waals surface area contributed by atoms with Gasteiger partial charge in [-0.2, -0.15) is 13.2 Å². The van der Waals surface area contributed by atoms with Gasteiger partial charge in [0.1, 0.15) is 5.92 Å². The molecule has 0 radical (unpaired) electrons. The highest BCUT2D eigenvalue weighted by molar-refractivity contribution is 7.80. The van der Waals surface area contributed by atoms with E-state index < -0.39 is 17.1 Å². The van der Waals surface area contributed by atoms with E-state index in [1.54, 1.807) is 4.90 Å². The van der Waals surface area contributed by atoms with Crippen LogP contribution < -0.4 is 5.73 Å². The second kappa shape index (κ2) is 7.94. The third-order valence-corrected chi connectivity index (χ3v) is 3.58. The largest absolute Gasteiger partial charge is 0.399 e. The first-order valence-electron chi connectivity index (χ1n) is 6.34. The smallest absolute Gasteiger partial charge is 0.393 e. The van der Waals surface area contributed by atoms with E-state index in [9.17, 15) is 13.2 Å². The first kappa shape index (κ1) is 17.6. The Labute approximate surface area is 113 Å². The molecule has 2 nitrogen and oxygen atoms in total. The number of rotatable bonds is 8. The quantitative estimate of drug-likeness (QED) is 0.694. The Morgan fingerprint density at radius 2 is 1.67 bits per heavy atom. The number of halogens is 3. The van der Waals surface area contributed by atoms with Crippen molar-refractivity contribution in [3.05, 3.63) is 0 Å². The van der Waals surface area contributed by atoms with Crippen molar-refractivity contribution in [1.29, 1.82) is 0 Å². The molecule has 0 aromatic rings. The molecule has 0 saturated heterocycles. The van der Waals surface area contributed by atoms with Gasteiger partial charge in [-0.05, 0) is 12.5 Å². The normalized spacial score (nSPS) is 14.2. The summed E-state index contributed by atoms with van der Waals surface area (Å²) in [6.45, 7) is 7.07. The summed E-state index contributed by atoms with van der Waals surface area (Å²) < 4.78 is 38.3.